The molecule has 0 unspecified atom stereocenters. The Morgan fingerprint density at radius 1 is 1.37 bits per heavy atom. The van der Waals surface area contributed by atoms with Gasteiger partial charge in [-0.3, -0.25) is 4.98 Å². The lowest BCUT2D eigenvalue weighted by Gasteiger charge is -2.09. The summed E-state index contributed by atoms with van der Waals surface area (Å²) < 4.78 is 6.10. The number of hydrogen-bond acceptors (Lipinski definition) is 4. The molecule has 0 aliphatic carbocycles. The largest absolute Gasteiger partial charge is 0.456 e. The third-order valence-corrected chi connectivity index (χ3v) is 3.12. The average molecular weight is 321 g/mol. The molecule has 19 heavy (non-hydrogen) atoms. The quantitative estimate of drug-likeness (QED) is 0.697. The van der Waals surface area contributed by atoms with Crippen LogP contribution in [0.15, 0.2) is 41.0 Å². The van der Waals surface area contributed by atoms with Crippen molar-refractivity contribution in [2.45, 2.75) is 13.5 Å². The van der Waals surface area contributed by atoms with Crippen molar-refractivity contribution in [1.82, 2.24) is 4.98 Å². The van der Waals surface area contributed by atoms with Gasteiger partial charge in [-0.25, -0.2) is 4.79 Å². The molecular weight excluding hydrogens is 308 g/mol. The number of carbonyl (C=O) groups excluding carboxylic acids is 1. The molecule has 0 spiro atoms. The summed E-state index contributed by atoms with van der Waals surface area (Å²) in [6, 6.07) is 8.95. The van der Waals surface area contributed by atoms with Crippen LogP contribution in [0.25, 0.3) is 0 Å². The van der Waals surface area contributed by atoms with Crippen molar-refractivity contribution in [1.29, 1.82) is 0 Å². The third-order valence-electron chi connectivity index (χ3n) is 2.65. The average Bonchev–Trinajstić information content (AvgIpc) is 2.38. The van der Waals surface area contributed by atoms with Crippen LogP contribution < -0.4 is 5.73 Å². The predicted octanol–water partition coefficient (Wildman–Crippen LogP) is 3.09. The Morgan fingerprint density at radius 3 is 2.79 bits per heavy atom. The maximum absolute atomic E-state index is 12.0. The first kappa shape index (κ1) is 13.5. The molecule has 0 bridgehead atoms. The van der Waals surface area contributed by atoms with Gasteiger partial charge in [-0.1, -0.05) is 12.1 Å². The molecule has 1 aromatic carbocycles. The number of rotatable bonds is 3. The Bertz CT molecular complexity index is 577. The maximum atomic E-state index is 12.0. The number of pyridine rings is 1. The molecule has 0 amide bonds. The van der Waals surface area contributed by atoms with E-state index in [2.05, 4.69) is 20.9 Å². The van der Waals surface area contributed by atoms with E-state index in [-0.39, 0.29) is 6.61 Å². The van der Waals surface area contributed by atoms with Gasteiger partial charge in [0.05, 0.1) is 11.3 Å². The van der Waals surface area contributed by atoms with Crippen molar-refractivity contribution in [3.05, 3.63) is 57.8 Å². The Labute approximate surface area is 119 Å². The van der Waals surface area contributed by atoms with E-state index in [9.17, 15) is 4.79 Å². The molecule has 1 aromatic heterocycles. The lowest BCUT2D eigenvalue weighted by molar-refractivity contribution is 0.0468. The number of anilines is 1. The van der Waals surface area contributed by atoms with Gasteiger partial charge < -0.3 is 10.5 Å². The van der Waals surface area contributed by atoms with Crippen molar-refractivity contribution in [3.8, 4) is 0 Å². The van der Waals surface area contributed by atoms with Gasteiger partial charge >= 0.3 is 5.97 Å². The van der Waals surface area contributed by atoms with Crippen molar-refractivity contribution in [3.63, 3.8) is 0 Å². The highest BCUT2D eigenvalue weighted by molar-refractivity contribution is 9.10. The van der Waals surface area contributed by atoms with Gasteiger partial charge in [0.25, 0.3) is 0 Å². The summed E-state index contributed by atoms with van der Waals surface area (Å²) in [6.07, 6.45) is 1.66. The van der Waals surface area contributed by atoms with Crippen LogP contribution in [-0.4, -0.2) is 11.0 Å². The zero-order chi connectivity index (χ0) is 13.8. The molecule has 2 rings (SSSR count). The summed E-state index contributed by atoms with van der Waals surface area (Å²) in [5.41, 5.74) is 8.11. The highest BCUT2D eigenvalue weighted by Crippen LogP contribution is 2.18. The number of aromatic nitrogens is 1. The fourth-order valence-corrected chi connectivity index (χ4v) is 1.91. The number of nitrogens with zero attached hydrogens (tertiary/aromatic N) is 1. The second kappa shape index (κ2) is 5.84. The first-order chi connectivity index (χ1) is 9.08. The fraction of sp³-hybridized carbons (Fsp3) is 0.143. The number of nitrogens with two attached hydrogens (primary N) is 1. The molecule has 4 nitrogen and oxygen atoms in total. The van der Waals surface area contributed by atoms with Gasteiger partial charge in [-0.15, -0.1) is 0 Å². The summed E-state index contributed by atoms with van der Waals surface area (Å²) in [5, 5.41) is 0. The number of nitrogen functional groups attached to an aromatic ring is 1. The maximum Gasteiger partial charge on any atom is 0.340 e. The number of aryl methyl sites for hydroxylation is 1. The van der Waals surface area contributed by atoms with Crippen molar-refractivity contribution < 1.29 is 9.53 Å². The molecule has 5 heteroatoms. The minimum atomic E-state index is -0.430. The standard InChI is InChI=1S/C14H13BrN2O2/c1-9-3-2-4-12(16)13(9)14(18)19-8-11-6-5-10(15)7-17-11/h2-7H,8,16H2,1H3. The number of benzene rings is 1. The molecule has 2 N–H and O–H groups in total. The van der Waals surface area contributed by atoms with E-state index in [1.807, 2.05) is 19.1 Å². The van der Waals surface area contributed by atoms with Crippen molar-refractivity contribution in [2.24, 2.45) is 0 Å². The zero-order valence-electron chi connectivity index (χ0n) is 10.4. The Hall–Kier alpha value is -1.88. The van der Waals surface area contributed by atoms with E-state index in [1.165, 1.54) is 0 Å². The molecule has 0 aliphatic rings. The number of halogens is 1. The van der Waals surface area contributed by atoms with Gasteiger partial charge in [0.2, 0.25) is 0 Å². The van der Waals surface area contributed by atoms with Gasteiger partial charge in [0.15, 0.2) is 0 Å². The minimum absolute atomic E-state index is 0.125. The molecule has 0 fully saturated rings. The van der Waals surface area contributed by atoms with E-state index < -0.39 is 5.97 Å². The number of ether oxygens (including phenoxy) is 1. The smallest absolute Gasteiger partial charge is 0.340 e. The van der Waals surface area contributed by atoms with Crippen molar-refractivity contribution in [2.75, 3.05) is 5.73 Å². The van der Waals surface area contributed by atoms with E-state index >= 15 is 0 Å². The highest BCUT2D eigenvalue weighted by Gasteiger charge is 2.14. The van der Waals surface area contributed by atoms with Crippen molar-refractivity contribution >= 4 is 27.6 Å². The molecule has 0 atom stereocenters. The van der Waals surface area contributed by atoms with Gasteiger partial charge in [-0.2, -0.15) is 0 Å². The SMILES string of the molecule is Cc1cccc(N)c1C(=O)OCc1ccc(Br)cn1. The van der Waals surface area contributed by atoms with Crippen LogP contribution in [0.2, 0.25) is 0 Å². The lowest BCUT2D eigenvalue weighted by atomic mass is 10.1. The second-order valence-corrected chi connectivity index (χ2v) is 5.00. The summed E-state index contributed by atoms with van der Waals surface area (Å²) in [4.78, 5) is 16.1. The summed E-state index contributed by atoms with van der Waals surface area (Å²) in [5.74, 6) is -0.430. The molecule has 1 heterocycles. The molecule has 0 saturated heterocycles. The van der Waals surface area contributed by atoms with Gasteiger partial charge in [0.1, 0.15) is 6.61 Å². The monoisotopic (exact) mass is 320 g/mol. The van der Waals surface area contributed by atoms with Gasteiger partial charge in [0, 0.05) is 16.4 Å². The molecule has 0 saturated carbocycles. The Kier molecular flexibility index (Phi) is 4.16. The summed E-state index contributed by atoms with van der Waals surface area (Å²) in [6.45, 7) is 1.95. The Balaban J connectivity index is 2.07. The molecule has 98 valence electrons. The first-order valence-electron chi connectivity index (χ1n) is 5.70. The lowest BCUT2D eigenvalue weighted by Crippen LogP contribution is -2.10. The van der Waals surface area contributed by atoms with E-state index in [4.69, 9.17) is 10.5 Å². The minimum Gasteiger partial charge on any atom is -0.456 e. The molecule has 2 aromatic rings. The number of esters is 1. The van der Waals surface area contributed by atoms with Crippen LogP contribution in [0.5, 0.6) is 0 Å². The molecule has 0 radical (unpaired) electrons. The van der Waals surface area contributed by atoms with Crippen LogP contribution in [0.1, 0.15) is 21.6 Å². The highest BCUT2D eigenvalue weighted by atomic mass is 79.9. The van der Waals surface area contributed by atoms with Crippen LogP contribution in [0.3, 0.4) is 0 Å². The normalized spacial score (nSPS) is 10.2. The fourth-order valence-electron chi connectivity index (χ4n) is 1.67. The third kappa shape index (κ3) is 3.32. The molecule has 0 aliphatic heterocycles. The van der Waals surface area contributed by atoms with Gasteiger partial charge in [-0.05, 0) is 46.6 Å². The van der Waals surface area contributed by atoms with Crippen LogP contribution in [-0.2, 0) is 11.3 Å². The number of carbonyl (C=O) groups is 1. The van der Waals surface area contributed by atoms with Crippen LogP contribution >= 0.6 is 15.9 Å². The van der Waals surface area contributed by atoms with E-state index in [0.717, 1.165) is 10.0 Å². The first-order valence-corrected chi connectivity index (χ1v) is 6.50. The Morgan fingerprint density at radius 2 is 2.16 bits per heavy atom. The second-order valence-electron chi connectivity index (χ2n) is 4.08. The van der Waals surface area contributed by atoms with Crippen LogP contribution in [0.4, 0.5) is 5.69 Å². The van der Waals surface area contributed by atoms with E-state index in [0.29, 0.717) is 16.9 Å². The topological polar surface area (TPSA) is 65.2 Å². The summed E-state index contributed by atoms with van der Waals surface area (Å²) in [7, 11) is 0. The molecular formula is C14H13BrN2O2. The van der Waals surface area contributed by atoms with Crippen LogP contribution in [0, 0.1) is 6.92 Å². The van der Waals surface area contributed by atoms with E-state index in [1.54, 1.807) is 24.4 Å². The summed E-state index contributed by atoms with van der Waals surface area (Å²) >= 11 is 3.29. The number of hydrogen-bond donors (Lipinski definition) is 1. The predicted molar refractivity (Wildman–Crippen MR) is 76.6 cm³/mol. The zero-order valence-corrected chi connectivity index (χ0v) is 12.0.